The van der Waals surface area contributed by atoms with Gasteiger partial charge in [0.15, 0.2) is 0 Å². The second-order valence-electron chi connectivity index (χ2n) is 14.7. The Morgan fingerprint density at radius 2 is 0.833 bits per heavy atom. The van der Waals surface area contributed by atoms with Crippen molar-refractivity contribution in [3.8, 4) is 0 Å². The molecular formula is C42H83NO5. The van der Waals surface area contributed by atoms with E-state index in [1.807, 2.05) is 0 Å². The van der Waals surface area contributed by atoms with E-state index in [0.29, 0.717) is 12.8 Å². The van der Waals surface area contributed by atoms with E-state index in [1.165, 1.54) is 154 Å². The molecule has 0 radical (unpaired) electrons. The van der Waals surface area contributed by atoms with E-state index < -0.39 is 36.9 Å². The van der Waals surface area contributed by atoms with Crippen molar-refractivity contribution < 1.29 is 25.2 Å². The van der Waals surface area contributed by atoms with Crippen LogP contribution in [-0.2, 0) is 4.79 Å². The average Bonchev–Trinajstić information content (AvgIpc) is 3.09. The number of amides is 1. The van der Waals surface area contributed by atoms with Crippen molar-refractivity contribution >= 4 is 5.91 Å². The molecule has 0 fully saturated rings. The average molecular weight is 682 g/mol. The van der Waals surface area contributed by atoms with Gasteiger partial charge in [-0.05, 0) is 38.5 Å². The van der Waals surface area contributed by atoms with Gasteiger partial charge in [-0.1, -0.05) is 193 Å². The quantitative estimate of drug-likeness (QED) is 0.0329. The van der Waals surface area contributed by atoms with Gasteiger partial charge in [-0.2, -0.15) is 0 Å². The molecule has 5 N–H and O–H groups in total. The summed E-state index contributed by atoms with van der Waals surface area (Å²) in [7, 11) is 0. The zero-order valence-electron chi connectivity index (χ0n) is 32.0. The number of carbonyl (C=O) groups is 1. The van der Waals surface area contributed by atoms with Gasteiger partial charge in [0.1, 0.15) is 12.2 Å². The van der Waals surface area contributed by atoms with Crippen LogP contribution >= 0.6 is 0 Å². The van der Waals surface area contributed by atoms with E-state index in [4.69, 9.17) is 0 Å². The highest BCUT2D eigenvalue weighted by Gasteiger charge is 2.28. The SMILES string of the molecule is CCCCCCCCCC=CCCCCCCCCC[C@@H](O)[C@@H](O)[C@H](CO)NC(=O)[C@H](O)CCCCCCCCCCCCCCCC. The minimum absolute atomic E-state index is 0.372. The molecule has 0 aliphatic rings. The van der Waals surface area contributed by atoms with E-state index in [2.05, 4.69) is 31.3 Å². The Bertz CT molecular complexity index is 687. The molecule has 0 saturated heterocycles. The second kappa shape index (κ2) is 37.3. The molecule has 0 spiro atoms. The van der Waals surface area contributed by atoms with E-state index >= 15 is 0 Å². The molecule has 0 rings (SSSR count). The lowest BCUT2D eigenvalue weighted by molar-refractivity contribution is -0.132. The molecule has 286 valence electrons. The highest BCUT2D eigenvalue weighted by Crippen LogP contribution is 2.16. The third-order valence-electron chi connectivity index (χ3n) is 9.98. The minimum Gasteiger partial charge on any atom is -0.394 e. The first-order valence-corrected chi connectivity index (χ1v) is 21.1. The van der Waals surface area contributed by atoms with E-state index in [0.717, 1.165) is 38.5 Å². The number of aliphatic hydroxyl groups is 4. The molecule has 0 aliphatic heterocycles. The summed E-state index contributed by atoms with van der Waals surface area (Å²) in [5, 5.41) is 43.6. The maximum atomic E-state index is 12.5. The van der Waals surface area contributed by atoms with Crippen molar-refractivity contribution in [1.29, 1.82) is 0 Å². The standard InChI is InChI=1S/C42H83NO5/c1-3-5-7-9-11-13-15-17-19-20-21-22-24-25-27-29-31-33-35-39(45)41(47)38(37-44)43-42(48)40(46)36-34-32-30-28-26-23-18-16-14-12-10-8-6-4-2/h19-20,38-41,44-47H,3-18,21-37H2,1-2H3,(H,43,48)/t38-,39+,40+,41-/m0/s1. The highest BCUT2D eigenvalue weighted by atomic mass is 16.3. The van der Waals surface area contributed by atoms with Crippen molar-refractivity contribution in [2.24, 2.45) is 0 Å². The molecule has 0 aromatic heterocycles. The number of unbranched alkanes of at least 4 members (excludes halogenated alkanes) is 27. The Morgan fingerprint density at radius 3 is 1.21 bits per heavy atom. The number of rotatable bonds is 38. The molecule has 0 bridgehead atoms. The molecule has 6 heteroatoms. The van der Waals surface area contributed by atoms with Crippen LogP contribution in [0.2, 0.25) is 0 Å². The predicted molar refractivity (Wildman–Crippen MR) is 205 cm³/mol. The lowest BCUT2D eigenvalue weighted by atomic mass is 9.99. The van der Waals surface area contributed by atoms with Gasteiger partial charge in [-0.3, -0.25) is 4.79 Å². The molecular weight excluding hydrogens is 598 g/mol. The smallest absolute Gasteiger partial charge is 0.249 e. The van der Waals surface area contributed by atoms with Crippen LogP contribution in [0.25, 0.3) is 0 Å². The van der Waals surface area contributed by atoms with Crippen molar-refractivity contribution in [2.45, 2.75) is 244 Å². The summed E-state index contributed by atoms with van der Waals surface area (Å²) in [6.07, 6.45) is 39.4. The molecule has 0 heterocycles. The van der Waals surface area contributed by atoms with Crippen LogP contribution < -0.4 is 5.32 Å². The molecule has 4 atom stereocenters. The minimum atomic E-state index is -1.26. The van der Waals surface area contributed by atoms with Gasteiger partial charge in [-0.15, -0.1) is 0 Å². The molecule has 0 unspecified atom stereocenters. The maximum absolute atomic E-state index is 12.5. The fourth-order valence-electron chi connectivity index (χ4n) is 6.57. The largest absolute Gasteiger partial charge is 0.394 e. The second-order valence-corrected chi connectivity index (χ2v) is 14.7. The first kappa shape index (κ1) is 47.0. The Hall–Kier alpha value is -0.950. The summed E-state index contributed by atoms with van der Waals surface area (Å²) < 4.78 is 0. The van der Waals surface area contributed by atoms with Crippen molar-refractivity contribution in [1.82, 2.24) is 5.32 Å². The number of hydrogen-bond donors (Lipinski definition) is 5. The van der Waals surface area contributed by atoms with Gasteiger partial charge in [-0.25, -0.2) is 0 Å². The van der Waals surface area contributed by atoms with Crippen LogP contribution in [0.15, 0.2) is 12.2 Å². The van der Waals surface area contributed by atoms with E-state index in [1.54, 1.807) is 0 Å². The van der Waals surface area contributed by atoms with Crippen LogP contribution in [0.1, 0.15) is 219 Å². The molecule has 0 aliphatic carbocycles. The molecule has 1 amide bonds. The van der Waals surface area contributed by atoms with E-state index in [9.17, 15) is 25.2 Å². The topological polar surface area (TPSA) is 110 Å². The first-order valence-electron chi connectivity index (χ1n) is 21.1. The number of aliphatic hydroxyl groups excluding tert-OH is 4. The van der Waals surface area contributed by atoms with Crippen molar-refractivity contribution in [3.63, 3.8) is 0 Å². The van der Waals surface area contributed by atoms with Crippen LogP contribution in [-0.4, -0.2) is 57.3 Å². The van der Waals surface area contributed by atoms with Crippen LogP contribution in [0.5, 0.6) is 0 Å². The van der Waals surface area contributed by atoms with Gasteiger partial charge >= 0.3 is 0 Å². The molecule has 0 aromatic rings. The zero-order chi connectivity index (χ0) is 35.3. The van der Waals surface area contributed by atoms with Crippen LogP contribution in [0, 0.1) is 0 Å². The number of allylic oxidation sites excluding steroid dienone is 2. The zero-order valence-corrected chi connectivity index (χ0v) is 32.0. The van der Waals surface area contributed by atoms with Gasteiger partial charge in [0.05, 0.1) is 18.8 Å². The molecule has 6 nitrogen and oxygen atoms in total. The van der Waals surface area contributed by atoms with E-state index in [-0.39, 0.29) is 0 Å². The van der Waals surface area contributed by atoms with Gasteiger partial charge in [0.2, 0.25) is 5.91 Å². The van der Waals surface area contributed by atoms with Gasteiger partial charge < -0.3 is 25.7 Å². The van der Waals surface area contributed by atoms with Crippen LogP contribution in [0.4, 0.5) is 0 Å². The Labute approximate surface area is 298 Å². The third kappa shape index (κ3) is 31.1. The Kier molecular flexibility index (Phi) is 36.6. The molecule has 0 aromatic carbocycles. The van der Waals surface area contributed by atoms with Gasteiger partial charge in [0.25, 0.3) is 0 Å². The van der Waals surface area contributed by atoms with Crippen molar-refractivity contribution in [2.75, 3.05) is 6.61 Å². The lowest BCUT2D eigenvalue weighted by Gasteiger charge is -2.27. The Morgan fingerprint density at radius 1 is 0.500 bits per heavy atom. The number of hydrogen-bond acceptors (Lipinski definition) is 5. The third-order valence-corrected chi connectivity index (χ3v) is 9.98. The fourth-order valence-corrected chi connectivity index (χ4v) is 6.57. The number of nitrogens with one attached hydrogen (secondary N) is 1. The summed E-state index contributed by atoms with van der Waals surface area (Å²) in [5.74, 6) is -0.585. The first-order chi connectivity index (χ1) is 23.5. The summed E-state index contributed by atoms with van der Waals surface area (Å²) in [6, 6.07) is -0.983. The van der Waals surface area contributed by atoms with Gasteiger partial charge in [0, 0.05) is 0 Å². The lowest BCUT2D eigenvalue weighted by Crippen LogP contribution is -2.53. The maximum Gasteiger partial charge on any atom is 0.249 e. The highest BCUT2D eigenvalue weighted by molar-refractivity contribution is 5.80. The Balaban J connectivity index is 3.75. The van der Waals surface area contributed by atoms with Crippen LogP contribution in [0.3, 0.4) is 0 Å². The molecule has 48 heavy (non-hydrogen) atoms. The van der Waals surface area contributed by atoms with Crippen molar-refractivity contribution in [3.05, 3.63) is 12.2 Å². The summed E-state index contributed by atoms with van der Waals surface area (Å²) >= 11 is 0. The monoisotopic (exact) mass is 682 g/mol. The predicted octanol–water partition coefficient (Wildman–Crippen LogP) is 10.6. The molecule has 0 saturated carbocycles. The fraction of sp³-hybridized carbons (Fsp3) is 0.929. The summed E-state index contributed by atoms with van der Waals surface area (Å²) in [5.41, 5.74) is 0. The summed E-state index contributed by atoms with van der Waals surface area (Å²) in [4.78, 5) is 12.5. The summed E-state index contributed by atoms with van der Waals surface area (Å²) in [6.45, 7) is 4.04. The normalized spacial score (nSPS) is 14.4. The number of carbonyl (C=O) groups excluding carboxylic acids is 1.